The lowest BCUT2D eigenvalue weighted by atomic mass is 9.83. The minimum atomic E-state index is -0.0327. The molecule has 5 rings (SSSR count). The van der Waals surface area contributed by atoms with Crippen LogP contribution in [-0.4, -0.2) is 34.4 Å². The second-order valence-electron chi connectivity index (χ2n) is 9.71. The molecule has 0 N–H and O–H groups in total. The number of hydrogen-bond donors (Lipinski definition) is 0. The molecule has 0 aliphatic carbocycles. The van der Waals surface area contributed by atoms with E-state index >= 15 is 0 Å². The highest BCUT2D eigenvalue weighted by molar-refractivity contribution is 6.12. The van der Waals surface area contributed by atoms with Crippen LogP contribution in [0.4, 0.5) is 0 Å². The molecule has 1 fully saturated rings. The number of aryl methyl sites for hydroxylation is 1. The first-order valence-electron chi connectivity index (χ1n) is 10.2. The second-order valence-corrected chi connectivity index (χ2v) is 9.71. The fraction of sp³-hybridized carbons (Fsp3) is 0.417. The molecule has 2 aromatic heterocycles. The van der Waals surface area contributed by atoms with Gasteiger partial charge in [0.2, 0.25) is 0 Å². The van der Waals surface area contributed by atoms with Crippen molar-refractivity contribution in [3.8, 4) is 5.75 Å². The maximum Gasteiger partial charge on any atom is 0.163 e. The van der Waals surface area contributed by atoms with Gasteiger partial charge in [-0.15, -0.1) is 0 Å². The highest BCUT2D eigenvalue weighted by Gasteiger charge is 2.34. The summed E-state index contributed by atoms with van der Waals surface area (Å²) in [5.41, 5.74) is 4.26. The van der Waals surface area contributed by atoms with E-state index in [0.717, 1.165) is 52.0 Å². The van der Waals surface area contributed by atoms with E-state index in [1.165, 1.54) is 5.56 Å². The standard InChI is InChI=1S/C24H27N3O2/c1-15-8-9-27-22(25-15)20-19(23(2,3)4)11-16-10-17(6-7-18(16)21(20)26-27)29-14-24(5)12-28-13-24/h6-11H,12-14H2,1-5H3. The Morgan fingerprint density at radius 2 is 1.97 bits per heavy atom. The second kappa shape index (κ2) is 6.17. The van der Waals surface area contributed by atoms with Crippen LogP contribution < -0.4 is 4.74 Å². The zero-order valence-electron chi connectivity index (χ0n) is 17.7. The molecule has 150 valence electrons. The maximum atomic E-state index is 6.12. The van der Waals surface area contributed by atoms with E-state index in [-0.39, 0.29) is 10.8 Å². The minimum Gasteiger partial charge on any atom is -0.493 e. The Bertz CT molecular complexity index is 1250. The molecular weight excluding hydrogens is 362 g/mol. The number of ether oxygens (including phenoxy) is 2. The topological polar surface area (TPSA) is 48.7 Å². The van der Waals surface area contributed by atoms with E-state index in [2.05, 4.69) is 45.9 Å². The Balaban J connectivity index is 1.71. The van der Waals surface area contributed by atoms with E-state index in [9.17, 15) is 0 Å². The molecule has 29 heavy (non-hydrogen) atoms. The van der Waals surface area contributed by atoms with Crippen molar-refractivity contribution >= 4 is 27.3 Å². The number of fused-ring (bicyclic) bond motifs is 5. The van der Waals surface area contributed by atoms with Crippen molar-refractivity contribution in [2.24, 2.45) is 5.41 Å². The molecule has 2 aromatic carbocycles. The molecule has 4 aromatic rings. The van der Waals surface area contributed by atoms with Crippen LogP contribution in [0.2, 0.25) is 0 Å². The molecule has 0 saturated carbocycles. The average molecular weight is 389 g/mol. The summed E-state index contributed by atoms with van der Waals surface area (Å²) in [5, 5.41) is 8.31. The van der Waals surface area contributed by atoms with E-state index in [4.69, 9.17) is 19.6 Å². The van der Waals surface area contributed by atoms with Crippen molar-refractivity contribution in [2.45, 2.75) is 40.0 Å². The van der Waals surface area contributed by atoms with Crippen LogP contribution >= 0.6 is 0 Å². The summed E-state index contributed by atoms with van der Waals surface area (Å²) >= 11 is 0. The third-order valence-corrected chi connectivity index (χ3v) is 5.77. The average Bonchev–Trinajstić information content (AvgIpc) is 3.02. The van der Waals surface area contributed by atoms with Crippen molar-refractivity contribution < 1.29 is 9.47 Å². The highest BCUT2D eigenvalue weighted by Crippen LogP contribution is 2.38. The molecule has 1 aliphatic heterocycles. The Hall–Kier alpha value is -2.66. The Morgan fingerprint density at radius 3 is 2.66 bits per heavy atom. The van der Waals surface area contributed by atoms with Gasteiger partial charge >= 0.3 is 0 Å². The molecule has 0 amide bonds. The molecule has 0 radical (unpaired) electrons. The van der Waals surface area contributed by atoms with Gasteiger partial charge in [-0.25, -0.2) is 9.50 Å². The van der Waals surface area contributed by atoms with Gasteiger partial charge < -0.3 is 9.47 Å². The van der Waals surface area contributed by atoms with E-state index in [0.29, 0.717) is 6.61 Å². The van der Waals surface area contributed by atoms with E-state index < -0.39 is 0 Å². The monoisotopic (exact) mass is 389 g/mol. The highest BCUT2D eigenvalue weighted by atomic mass is 16.5. The maximum absolute atomic E-state index is 6.12. The van der Waals surface area contributed by atoms with Crippen molar-refractivity contribution in [1.29, 1.82) is 0 Å². The van der Waals surface area contributed by atoms with Gasteiger partial charge in [0.05, 0.1) is 25.2 Å². The molecule has 5 heteroatoms. The molecule has 0 unspecified atom stereocenters. The number of benzene rings is 2. The van der Waals surface area contributed by atoms with Gasteiger partial charge in [-0.3, -0.25) is 0 Å². The van der Waals surface area contributed by atoms with Gasteiger partial charge in [0.25, 0.3) is 0 Å². The lowest BCUT2D eigenvalue weighted by molar-refractivity contribution is -0.120. The Kier molecular flexibility index (Phi) is 3.91. The molecule has 3 heterocycles. The summed E-state index contributed by atoms with van der Waals surface area (Å²) in [7, 11) is 0. The molecule has 0 atom stereocenters. The summed E-state index contributed by atoms with van der Waals surface area (Å²) in [6.45, 7) is 13.1. The molecule has 1 aliphatic rings. The Morgan fingerprint density at radius 1 is 1.17 bits per heavy atom. The third-order valence-electron chi connectivity index (χ3n) is 5.77. The lowest BCUT2D eigenvalue weighted by Crippen LogP contribution is -2.44. The number of nitrogens with zero attached hydrogens (tertiary/aromatic N) is 3. The van der Waals surface area contributed by atoms with Crippen LogP contribution in [0.5, 0.6) is 5.75 Å². The summed E-state index contributed by atoms with van der Waals surface area (Å²) in [4.78, 5) is 4.80. The van der Waals surface area contributed by atoms with Crippen LogP contribution in [-0.2, 0) is 10.2 Å². The number of hydrogen-bond acceptors (Lipinski definition) is 4. The first-order chi connectivity index (χ1) is 13.7. The van der Waals surface area contributed by atoms with Crippen molar-refractivity contribution in [3.63, 3.8) is 0 Å². The minimum absolute atomic E-state index is 0.0327. The quantitative estimate of drug-likeness (QED) is 0.492. The normalized spacial score (nSPS) is 16.4. The van der Waals surface area contributed by atoms with Crippen LogP contribution in [0.1, 0.15) is 39.0 Å². The van der Waals surface area contributed by atoms with Crippen LogP contribution in [0.3, 0.4) is 0 Å². The fourth-order valence-corrected chi connectivity index (χ4v) is 4.03. The molecule has 5 nitrogen and oxygen atoms in total. The molecular formula is C24H27N3O2. The summed E-state index contributed by atoms with van der Waals surface area (Å²) in [6.07, 6.45) is 1.99. The van der Waals surface area contributed by atoms with Gasteiger partial charge in [0.1, 0.15) is 11.3 Å². The van der Waals surface area contributed by atoms with E-state index in [1.807, 2.05) is 29.8 Å². The summed E-state index contributed by atoms with van der Waals surface area (Å²) in [5.74, 6) is 0.891. The van der Waals surface area contributed by atoms with E-state index in [1.54, 1.807) is 0 Å². The van der Waals surface area contributed by atoms with Gasteiger partial charge in [0.15, 0.2) is 5.65 Å². The summed E-state index contributed by atoms with van der Waals surface area (Å²) in [6, 6.07) is 10.6. The third kappa shape index (κ3) is 3.04. The van der Waals surface area contributed by atoms with Gasteiger partial charge in [0, 0.05) is 22.7 Å². The number of aromatic nitrogens is 3. The predicted octanol–water partition coefficient (Wildman–Crippen LogP) is 5.06. The van der Waals surface area contributed by atoms with Gasteiger partial charge in [-0.05, 0) is 53.6 Å². The largest absolute Gasteiger partial charge is 0.493 e. The Labute approximate surface area is 170 Å². The van der Waals surface area contributed by atoms with Gasteiger partial charge in [-0.2, -0.15) is 5.10 Å². The zero-order valence-corrected chi connectivity index (χ0v) is 17.7. The van der Waals surface area contributed by atoms with Crippen LogP contribution in [0.25, 0.3) is 27.3 Å². The van der Waals surface area contributed by atoms with Gasteiger partial charge in [-0.1, -0.05) is 27.7 Å². The zero-order chi connectivity index (χ0) is 20.4. The fourth-order valence-electron chi connectivity index (χ4n) is 4.03. The van der Waals surface area contributed by atoms with Crippen LogP contribution in [0.15, 0.2) is 36.5 Å². The van der Waals surface area contributed by atoms with Crippen molar-refractivity contribution in [3.05, 3.63) is 47.8 Å². The number of rotatable bonds is 3. The first kappa shape index (κ1) is 18.4. The van der Waals surface area contributed by atoms with Crippen molar-refractivity contribution in [1.82, 2.24) is 14.6 Å². The summed E-state index contributed by atoms with van der Waals surface area (Å²) < 4.78 is 13.4. The first-order valence-corrected chi connectivity index (χ1v) is 10.2. The predicted molar refractivity (Wildman–Crippen MR) is 116 cm³/mol. The molecule has 1 saturated heterocycles. The molecule has 0 spiro atoms. The van der Waals surface area contributed by atoms with Crippen LogP contribution in [0, 0.1) is 12.3 Å². The smallest absolute Gasteiger partial charge is 0.163 e. The lowest BCUT2D eigenvalue weighted by Gasteiger charge is -2.37. The molecule has 0 bridgehead atoms. The SMILES string of the molecule is Cc1ccn2nc3c4ccc(OCC5(C)COC5)cc4cc(C(C)(C)C)c3c2n1. The van der Waals surface area contributed by atoms with Crippen molar-refractivity contribution in [2.75, 3.05) is 19.8 Å².